The second kappa shape index (κ2) is 8.02. The fraction of sp³-hybridized carbons (Fsp3) is 0.500. The Labute approximate surface area is 113 Å². The third-order valence-electron chi connectivity index (χ3n) is 2.83. The van der Waals surface area contributed by atoms with Gasteiger partial charge in [0.25, 0.3) is 0 Å². The Bertz CT molecular complexity index is 415. The molecule has 0 atom stereocenters. The van der Waals surface area contributed by atoms with E-state index in [0.29, 0.717) is 6.54 Å². The van der Waals surface area contributed by atoms with Gasteiger partial charge in [0.2, 0.25) is 0 Å². The molecule has 0 amide bonds. The fourth-order valence-corrected chi connectivity index (χ4v) is 2.46. The van der Waals surface area contributed by atoms with Gasteiger partial charge in [-0.05, 0) is 24.8 Å². The van der Waals surface area contributed by atoms with Crippen molar-refractivity contribution in [2.24, 2.45) is 0 Å². The summed E-state index contributed by atoms with van der Waals surface area (Å²) >= 11 is 1.58. The van der Waals surface area contributed by atoms with Crippen LogP contribution in [0.4, 0.5) is 5.69 Å². The highest BCUT2D eigenvalue weighted by Gasteiger charge is 2.13. The predicted octanol–water partition coefficient (Wildman–Crippen LogP) is 2.88. The summed E-state index contributed by atoms with van der Waals surface area (Å²) in [5, 5.41) is 18.5. The van der Waals surface area contributed by atoms with Crippen LogP contribution in [0.5, 0.6) is 0 Å². The van der Waals surface area contributed by atoms with Crippen molar-refractivity contribution in [3.05, 3.63) is 23.8 Å². The summed E-state index contributed by atoms with van der Waals surface area (Å²) in [4.78, 5) is 3.09. The zero-order chi connectivity index (χ0) is 13.4. The van der Waals surface area contributed by atoms with Crippen molar-refractivity contribution in [1.29, 1.82) is 5.26 Å². The standard InChI is InChI=1S/C14H20N2OS/c1-3-4-8-16(9-10-17)13-6-5-7-14(18-2)12(13)11-15/h5-7,17H,3-4,8-10H2,1-2H3. The molecule has 0 unspecified atom stereocenters. The Morgan fingerprint density at radius 2 is 2.17 bits per heavy atom. The van der Waals surface area contributed by atoms with Gasteiger partial charge in [0.1, 0.15) is 6.07 Å². The van der Waals surface area contributed by atoms with E-state index in [1.165, 1.54) is 0 Å². The van der Waals surface area contributed by atoms with E-state index in [9.17, 15) is 5.26 Å². The maximum atomic E-state index is 9.32. The zero-order valence-electron chi connectivity index (χ0n) is 11.0. The van der Waals surface area contributed by atoms with Crippen LogP contribution < -0.4 is 4.90 Å². The number of aliphatic hydroxyl groups excluding tert-OH is 1. The van der Waals surface area contributed by atoms with Crippen molar-refractivity contribution < 1.29 is 5.11 Å². The van der Waals surface area contributed by atoms with E-state index in [0.717, 1.165) is 35.5 Å². The van der Waals surface area contributed by atoms with Crippen molar-refractivity contribution in [2.75, 3.05) is 30.9 Å². The molecule has 0 aliphatic rings. The average molecular weight is 264 g/mol. The normalized spacial score (nSPS) is 10.1. The third-order valence-corrected chi connectivity index (χ3v) is 3.61. The SMILES string of the molecule is CCCCN(CCO)c1cccc(SC)c1C#N. The lowest BCUT2D eigenvalue weighted by Gasteiger charge is -2.25. The monoisotopic (exact) mass is 264 g/mol. The van der Waals surface area contributed by atoms with Crippen molar-refractivity contribution >= 4 is 17.4 Å². The molecule has 0 saturated heterocycles. The first-order valence-electron chi connectivity index (χ1n) is 6.21. The fourth-order valence-electron chi connectivity index (χ4n) is 1.89. The molecule has 0 aliphatic carbocycles. The number of rotatable bonds is 7. The maximum absolute atomic E-state index is 9.32. The third kappa shape index (κ3) is 3.66. The summed E-state index contributed by atoms with van der Waals surface area (Å²) in [6, 6.07) is 8.18. The van der Waals surface area contributed by atoms with Gasteiger partial charge in [0.15, 0.2) is 0 Å². The molecule has 0 spiro atoms. The number of hydrogen-bond donors (Lipinski definition) is 1. The molecule has 1 rings (SSSR count). The van der Waals surface area contributed by atoms with Crippen LogP contribution >= 0.6 is 11.8 Å². The topological polar surface area (TPSA) is 47.3 Å². The Hall–Kier alpha value is -1.18. The second-order valence-corrected chi connectivity index (χ2v) is 4.88. The van der Waals surface area contributed by atoms with Crippen LogP contribution in [0, 0.1) is 11.3 Å². The van der Waals surface area contributed by atoms with Gasteiger partial charge in [-0.1, -0.05) is 19.4 Å². The lowest BCUT2D eigenvalue weighted by atomic mass is 10.1. The molecular formula is C14H20N2OS. The van der Waals surface area contributed by atoms with Crippen LogP contribution in [-0.2, 0) is 0 Å². The van der Waals surface area contributed by atoms with Crippen molar-refractivity contribution in [3.8, 4) is 6.07 Å². The molecule has 4 heteroatoms. The van der Waals surface area contributed by atoms with Crippen LogP contribution in [-0.4, -0.2) is 31.1 Å². The van der Waals surface area contributed by atoms with Crippen molar-refractivity contribution in [3.63, 3.8) is 0 Å². The number of anilines is 1. The minimum atomic E-state index is 0.109. The largest absolute Gasteiger partial charge is 0.395 e. The minimum absolute atomic E-state index is 0.109. The number of unbranched alkanes of at least 4 members (excludes halogenated alkanes) is 1. The highest BCUT2D eigenvalue weighted by molar-refractivity contribution is 7.98. The van der Waals surface area contributed by atoms with Crippen LogP contribution in [0.25, 0.3) is 0 Å². The number of aliphatic hydroxyl groups is 1. The molecule has 1 N–H and O–H groups in total. The second-order valence-electron chi connectivity index (χ2n) is 4.03. The number of thioether (sulfide) groups is 1. The maximum Gasteiger partial charge on any atom is 0.103 e. The Balaban J connectivity index is 3.06. The molecule has 98 valence electrons. The molecule has 18 heavy (non-hydrogen) atoms. The van der Waals surface area contributed by atoms with E-state index in [4.69, 9.17) is 5.11 Å². The van der Waals surface area contributed by atoms with E-state index >= 15 is 0 Å². The Morgan fingerprint density at radius 1 is 1.39 bits per heavy atom. The van der Waals surface area contributed by atoms with E-state index < -0.39 is 0 Å². The predicted molar refractivity (Wildman–Crippen MR) is 77.1 cm³/mol. The van der Waals surface area contributed by atoms with Crippen LogP contribution in [0.2, 0.25) is 0 Å². The molecule has 1 aromatic rings. The first kappa shape index (κ1) is 14.9. The summed E-state index contributed by atoms with van der Waals surface area (Å²) < 4.78 is 0. The van der Waals surface area contributed by atoms with Gasteiger partial charge in [-0.15, -0.1) is 11.8 Å². The zero-order valence-corrected chi connectivity index (χ0v) is 11.8. The average Bonchev–Trinajstić information content (AvgIpc) is 2.42. The molecular weight excluding hydrogens is 244 g/mol. The summed E-state index contributed by atoms with van der Waals surface area (Å²) in [5.41, 5.74) is 1.65. The number of hydrogen-bond acceptors (Lipinski definition) is 4. The lowest BCUT2D eigenvalue weighted by molar-refractivity contribution is 0.301. The summed E-state index contributed by atoms with van der Waals surface area (Å²) in [6.07, 6.45) is 4.14. The van der Waals surface area contributed by atoms with Gasteiger partial charge in [-0.2, -0.15) is 5.26 Å². The number of benzene rings is 1. The minimum Gasteiger partial charge on any atom is -0.395 e. The Morgan fingerprint density at radius 3 is 2.72 bits per heavy atom. The first-order chi connectivity index (χ1) is 8.78. The summed E-state index contributed by atoms with van der Waals surface area (Å²) in [6.45, 7) is 3.70. The van der Waals surface area contributed by atoms with Gasteiger partial charge >= 0.3 is 0 Å². The van der Waals surface area contributed by atoms with Gasteiger partial charge in [0.05, 0.1) is 17.9 Å². The molecule has 0 saturated carbocycles. The summed E-state index contributed by atoms with van der Waals surface area (Å²) in [7, 11) is 0. The van der Waals surface area contributed by atoms with Gasteiger partial charge < -0.3 is 10.0 Å². The van der Waals surface area contributed by atoms with Crippen molar-refractivity contribution in [1.82, 2.24) is 0 Å². The Kier molecular flexibility index (Phi) is 6.63. The quantitative estimate of drug-likeness (QED) is 0.769. The van der Waals surface area contributed by atoms with E-state index in [1.807, 2.05) is 24.5 Å². The van der Waals surface area contributed by atoms with Crippen LogP contribution in [0.1, 0.15) is 25.3 Å². The number of nitrogens with zero attached hydrogens (tertiary/aromatic N) is 2. The van der Waals surface area contributed by atoms with Crippen LogP contribution in [0.3, 0.4) is 0 Å². The molecule has 0 bridgehead atoms. The number of nitriles is 1. The molecule has 0 aromatic heterocycles. The smallest absolute Gasteiger partial charge is 0.103 e. The van der Waals surface area contributed by atoms with E-state index in [-0.39, 0.29) is 6.61 Å². The molecule has 1 aromatic carbocycles. The lowest BCUT2D eigenvalue weighted by Crippen LogP contribution is -2.28. The van der Waals surface area contributed by atoms with Gasteiger partial charge in [-0.3, -0.25) is 0 Å². The molecule has 3 nitrogen and oxygen atoms in total. The summed E-state index contributed by atoms with van der Waals surface area (Å²) in [5.74, 6) is 0. The van der Waals surface area contributed by atoms with Crippen molar-refractivity contribution in [2.45, 2.75) is 24.7 Å². The van der Waals surface area contributed by atoms with E-state index in [1.54, 1.807) is 11.8 Å². The van der Waals surface area contributed by atoms with Gasteiger partial charge in [0, 0.05) is 18.0 Å². The molecule has 0 heterocycles. The molecule has 0 aliphatic heterocycles. The highest BCUT2D eigenvalue weighted by Crippen LogP contribution is 2.29. The van der Waals surface area contributed by atoms with Crippen LogP contribution in [0.15, 0.2) is 23.1 Å². The first-order valence-corrected chi connectivity index (χ1v) is 7.43. The molecule has 0 fully saturated rings. The van der Waals surface area contributed by atoms with E-state index in [2.05, 4.69) is 17.9 Å². The van der Waals surface area contributed by atoms with Gasteiger partial charge in [-0.25, -0.2) is 0 Å². The highest BCUT2D eigenvalue weighted by atomic mass is 32.2. The molecule has 0 radical (unpaired) electrons.